The Bertz CT molecular complexity index is 1150. The van der Waals surface area contributed by atoms with Gasteiger partial charge in [0.05, 0.1) is 17.4 Å². The van der Waals surface area contributed by atoms with Gasteiger partial charge in [0.2, 0.25) is 0 Å². The van der Waals surface area contributed by atoms with Crippen LogP contribution < -0.4 is 11.2 Å². The molecule has 2 aromatic carbocycles. The monoisotopic (exact) mass is 406 g/mol. The lowest BCUT2D eigenvalue weighted by atomic mass is 10.1. The van der Waals surface area contributed by atoms with E-state index in [0.717, 1.165) is 10.1 Å². The van der Waals surface area contributed by atoms with Gasteiger partial charge in [-0.3, -0.25) is 14.2 Å². The van der Waals surface area contributed by atoms with Gasteiger partial charge >= 0.3 is 11.7 Å². The molecule has 0 atom stereocenters. The molecule has 1 N–H and O–H groups in total. The van der Waals surface area contributed by atoms with Crippen LogP contribution in [0.15, 0.2) is 46.0 Å². The summed E-state index contributed by atoms with van der Waals surface area (Å²) in [5.74, 6) is -1.27. The van der Waals surface area contributed by atoms with E-state index in [1.165, 1.54) is 4.57 Å². The fraction of sp³-hybridized carbons (Fsp3) is 0.211. The minimum atomic E-state index is -1.27. The summed E-state index contributed by atoms with van der Waals surface area (Å²) in [6, 6.07) is 10.2. The Morgan fingerprint density at radius 1 is 1.04 bits per heavy atom. The standard InChI is InChI=1S/C19H16Cl2N2O4/c1-2-13-14(21)7-8-15-17(13)18(26)23(10-16(24)25)19(27)22(15)9-11-3-5-12(20)6-4-11/h3-8H,2,9-10H2,1H3,(H,24,25). The Kier molecular flexibility index (Phi) is 5.39. The molecule has 0 spiro atoms. The third-order valence-electron chi connectivity index (χ3n) is 4.35. The molecule has 0 saturated carbocycles. The Morgan fingerprint density at radius 3 is 2.30 bits per heavy atom. The maximum atomic E-state index is 12.9. The van der Waals surface area contributed by atoms with Gasteiger partial charge in [-0.1, -0.05) is 42.3 Å². The summed E-state index contributed by atoms with van der Waals surface area (Å²) < 4.78 is 2.12. The third-order valence-corrected chi connectivity index (χ3v) is 4.95. The van der Waals surface area contributed by atoms with Crippen LogP contribution in [-0.4, -0.2) is 20.2 Å². The molecule has 3 aromatic rings. The summed E-state index contributed by atoms with van der Waals surface area (Å²) in [6.45, 7) is 1.29. The predicted octanol–water partition coefficient (Wildman–Crippen LogP) is 3.17. The van der Waals surface area contributed by atoms with Gasteiger partial charge in [-0.2, -0.15) is 0 Å². The molecule has 140 valence electrons. The summed E-state index contributed by atoms with van der Waals surface area (Å²) in [7, 11) is 0. The molecular formula is C19H16Cl2N2O4. The molecule has 0 aliphatic carbocycles. The van der Waals surface area contributed by atoms with E-state index in [-0.39, 0.29) is 11.9 Å². The largest absolute Gasteiger partial charge is 0.480 e. The van der Waals surface area contributed by atoms with Crippen molar-refractivity contribution in [1.29, 1.82) is 0 Å². The lowest BCUT2D eigenvalue weighted by Gasteiger charge is -2.16. The van der Waals surface area contributed by atoms with Crippen molar-refractivity contribution in [2.24, 2.45) is 0 Å². The van der Waals surface area contributed by atoms with E-state index in [9.17, 15) is 14.4 Å². The number of rotatable bonds is 5. The lowest BCUT2D eigenvalue weighted by Crippen LogP contribution is -2.42. The van der Waals surface area contributed by atoms with E-state index in [1.807, 2.05) is 6.92 Å². The molecule has 0 saturated heterocycles. The number of aliphatic carboxylic acids is 1. The number of carboxylic acids is 1. The van der Waals surface area contributed by atoms with Gasteiger partial charge in [-0.25, -0.2) is 9.36 Å². The predicted molar refractivity (Wildman–Crippen MR) is 105 cm³/mol. The second kappa shape index (κ2) is 7.58. The van der Waals surface area contributed by atoms with Crippen molar-refractivity contribution in [3.63, 3.8) is 0 Å². The molecule has 1 heterocycles. The molecule has 3 rings (SSSR count). The number of fused-ring (bicyclic) bond motifs is 1. The molecule has 0 unspecified atom stereocenters. The zero-order valence-electron chi connectivity index (χ0n) is 14.4. The van der Waals surface area contributed by atoms with Crippen molar-refractivity contribution < 1.29 is 9.90 Å². The molecule has 0 amide bonds. The van der Waals surface area contributed by atoms with Gasteiger partial charge < -0.3 is 5.11 Å². The smallest absolute Gasteiger partial charge is 0.332 e. The van der Waals surface area contributed by atoms with Crippen molar-refractivity contribution in [3.05, 3.63) is 78.4 Å². The van der Waals surface area contributed by atoms with Crippen molar-refractivity contribution in [3.8, 4) is 0 Å². The number of carbonyl (C=O) groups is 1. The normalized spacial score (nSPS) is 11.1. The summed E-state index contributed by atoms with van der Waals surface area (Å²) in [5.41, 5.74) is 0.459. The maximum Gasteiger partial charge on any atom is 0.332 e. The van der Waals surface area contributed by atoms with Gasteiger partial charge in [-0.05, 0) is 41.8 Å². The summed E-state index contributed by atoms with van der Waals surface area (Å²) in [4.78, 5) is 37.0. The molecule has 6 nitrogen and oxygen atoms in total. The quantitative estimate of drug-likeness (QED) is 0.705. The molecule has 0 aliphatic rings. The molecule has 0 radical (unpaired) electrons. The average Bonchev–Trinajstić information content (AvgIpc) is 2.63. The number of carboxylic acid groups (broad SMARTS) is 1. The fourth-order valence-electron chi connectivity index (χ4n) is 3.09. The van der Waals surface area contributed by atoms with Crippen molar-refractivity contribution in [2.45, 2.75) is 26.4 Å². The minimum absolute atomic E-state index is 0.164. The molecule has 0 bridgehead atoms. The number of halogens is 2. The Morgan fingerprint density at radius 2 is 1.70 bits per heavy atom. The maximum absolute atomic E-state index is 12.9. The summed E-state index contributed by atoms with van der Waals surface area (Å²) in [6.07, 6.45) is 0.470. The van der Waals surface area contributed by atoms with Crippen LogP contribution in [0.1, 0.15) is 18.1 Å². The Balaban J connectivity index is 2.37. The second-order valence-corrected chi connectivity index (χ2v) is 6.90. The first kappa shape index (κ1) is 19.2. The number of benzene rings is 2. The highest BCUT2D eigenvalue weighted by atomic mass is 35.5. The highest BCUT2D eigenvalue weighted by Crippen LogP contribution is 2.24. The van der Waals surface area contributed by atoms with Crippen LogP contribution in [0.25, 0.3) is 10.9 Å². The SMILES string of the molecule is CCc1c(Cl)ccc2c1c(=O)n(CC(=O)O)c(=O)n2Cc1ccc(Cl)cc1. The third kappa shape index (κ3) is 3.63. The van der Waals surface area contributed by atoms with Crippen molar-refractivity contribution in [2.75, 3.05) is 0 Å². The second-order valence-electron chi connectivity index (χ2n) is 6.05. The van der Waals surface area contributed by atoms with E-state index in [0.29, 0.717) is 27.5 Å². The molecule has 27 heavy (non-hydrogen) atoms. The van der Waals surface area contributed by atoms with Crippen LogP contribution in [-0.2, 0) is 24.3 Å². The van der Waals surface area contributed by atoms with E-state index in [4.69, 9.17) is 28.3 Å². The first-order valence-electron chi connectivity index (χ1n) is 8.24. The van der Waals surface area contributed by atoms with Gasteiger partial charge in [0.15, 0.2) is 0 Å². The van der Waals surface area contributed by atoms with E-state index < -0.39 is 23.8 Å². The fourth-order valence-corrected chi connectivity index (χ4v) is 3.51. The minimum Gasteiger partial charge on any atom is -0.480 e. The van der Waals surface area contributed by atoms with Crippen LogP contribution in [0, 0.1) is 0 Å². The van der Waals surface area contributed by atoms with E-state index in [2.05, 4.69) is 0 Å². The summed E-state index contributed by atoms with van der Waals surface area (Å²) in [5, 5.41) is 10.4. The topological polar surface area (TPSA) is 81.3 Å². The average molecular weight is 407 g/mol. The number of hydrogen-bond donors (Lipinski definition) is 1. The first-order valence-corrected chi connectivity index (χ1v) is 9.00. The van der Waals surface area contributed by atoms with Crippen LogP contribution in [0.3, 0.4) is 0 Å². The Hall–Kier alpha value is -2.57. The molecular weight excluding hydrogens is 391 g/mol. The van der Waals surface area contributed by atoms with Crippen molar-refractivity contribution in [1.82, 2.24) is 9.13 Å². The van der Waals surface area contributed by atoms with Crippen molar-refractivity contribution >= 4 is 40.1 Å². The first-order chi connectivity index (χ1) is 12.8. The van der Waals surface area contributed by atoms with Crippen LogP contribution in [0.5, 0.6) is 0 Å². The molecule has 0 aliphatic heterocycles. The van der Waals surface area contributed by atoms with Gasteiger partial charge in [0, 0.05) is 10.0 Å². The number of aryl methyl sites for hydroxylation is 1. The van der Waals surface area contributed by atoms with Gasteiger partial charge in [-0.15, -0.1) is 0 Å². The van der Waals surface area contributed by atoms with E-state index in [1.54, 1.807) is 36.4 Å². The molecule has 0 fully saturated rings. The van der Waals surface area contributed by atoms with E-state index >= 15 is 0 Å². The Labute approximate surface area is 164 Å². The highest BCUT2D eigenvalue weighted by Gasteiger charge is 2.19. The van der Waals surface area contributed by atoms with Gasteiger partial charge in [0.25, 0.3) is 5.56 Å². The number of aromatic nitrogens is 2. The number of nitrogens with zero attached hydrogens (tertiary/aromatic N) is 2. The van der Waals surface area contributed by atoms with Crippen LogP contribution >= 0.6 is 23.2 Å². The molecule has 8 heteroatoms. The zero-order chi connectivity index (χ0) is 19.7. The molecule has 1 aromatic heterocycles. The summed E-state index contributed by atoms with van der Waals surface area (Å²) >= 11 is 12.1. The highest BCUT2D eigenvalue weighted by molar-refractivity contribution is 6.32. The zero-order valence-corrected chi connectivity index (χ0v) is 15.9. The number of hydrogen-bond acceptors (Lipinski definition) is 3. The van der Waals surface area contributed by atoms with Crippen LogP contribution in [0.4, 0.5) is 0 Å². The van der Waals surface area contributed by atoms with Gasteiger partial charge in [0.1, 0.15) is 6.54 Å². The lowest BCUT2D eigenvalue weighted by molar-refractivity contribution is -0.137. The van der Waals surface area contributed by atoms with Crippen LogP contribution in [0.2, 0.25) is 10.0 Å².